The Morgan fingerprint density at radius 2 is 1.67 bits per heavy atom. The first-order chi connectivity index (χ1) is 7.26. The fourth-order valence-electron chi connectivity index (χ4n) is 2.10. The van der Waals surface area contributed by atoms with Gasteiger partial charge >= 0.3 is 0 Å². The molecule has 2 fully saturated rings. The van der Waals surface area contributed by atoms with Gasteiger partial charge in [0.15, 0.2) is 12.7 Å². The summed E-state index contributed by atoms with van der Waals surface area (Å²) in [5.74, 6) is 0. The van der Waals surface area contributed by atoms with E-state index in [-0.39, 0.29) is 19.0 Å². The number of nitrogens with one attached hydrogen (secondary N) is 2. The van der Waals surface area contributed by atoms with Crippen molar-refractivity contribution < 1.29 is 9.47 Å². The van der Waals surface area contributed by atoms with Gasteiger partial charge < -0.3 is 15.2 Å². The lowest BCUT2D eigenvalue weighted by Crippen LogP contribution is -2.74. The molecule has 1 heterocycles. The van der Waals surface area contributed by atoms with Crippen molar-refractivity contribution in [3.05, 3.63) is 0 Å². The smallest absolute Gasteiger partial charge is 0.171 e. The maximum absolute atomic E-state index is 5.78. The molecule has 0 aromatic heterocycles. The lowest BCUT2D eigenvalue weighted by molar-refractivity contribution is -0.218. The van der Waals surface area contributed by atoms with Crippen LogP contribution in [0.2, 0.25) is 0 Å². The van der Waals surface area contributed by atoms with Crippen LogP contribution in [-0.2, 0) is 9.47 Å². The number of ether oxygens (including phenoxy) is 2. The highest BCUT2D eigenvalue weighted by atomic mass is 16.5. The largest absolute Gasteiger partial charge is 0.353 e. The molecular weight excluding hydrogens is 196 g/mol. The first-order valence-corrected chi connectivity index (χ1v) is 5.37. The summed E-state index contributed by atoms with van der Waals surface area (Å²) < 4.78 is 10.8. The van der Waals surface area contributed by atoms with Crippen LogP contribution in [0.15, 0.2) is 0 Å². The van der Waals surface area contributed by atoms with Gasteiger partial charge in [0.2, 0.25) is 0 Å². The molecule has 1 aliphatic heterocycles. The molecule has 0 aromatic rings. The second kappa shape index (κ2) is 4.73. The van der Waals surface area contributed by atoms with Crippen molar-refractivity contribution in [1.82, 2.24) is 15.5 Å². The van der Waals surface area contributed by atoms with E-state index >= 15 is 0 Å². The van der Waals surface area contributed by atoms with E-state index in [0.717, 1.165) is 0 Å². The van der Waals surface area contributed by atoms with Gasteiger partial charge in [0, 0.05) is 20.3 Å². The minimum atomic E-state index is -0.295. The Balaban J connectivity index is 2.05. The summed E-state index contributed by atoms with van der Waals surface area (Å²) in [6.45, 7) is 0. The highest BCUT2D eigenvalue weighted by molar-refractivity contribution is 4.86. The minimum absolute atomic E-state index is 0.170. The SMILES string of the molecule is COC1NC(N)N[C@H](OC)N1C1CCC1. The summed E-state index contributed by atoms with van der Waals surface area (Å²) >= 11 is 0. The molecule has 0 aromatic carbocycles. The predicted octanol–water partition coefficient (Wildman–Crippen LogP) is -0.864. The molecule has 3 atom stereocenters. The van der Waals surface area contributed by atoms with E-state index in [0.29, 0.717) is 6.04 Å². The monoisotopic (exact) mass is 216 g/mol. The van der Waals surface area contributed by atoms with Crippen LogP contribution in [0, 0.1) is 0 Å². The zero-order valence-electron chi connectivity index (χ0n) is 9.27. The van der Waals surface area contributed by atoms with Crippen LogP contribution in [0.5, 0.6) is 0 Å². The van der Waals surface area contributed by atoms with E-state index in [4.69, 9.17) is 15.2 Å². The van der Waals surface area contributed by atoms with Gasteiger partial charge in [-0.05, 0) is 12.8 Å². The molecular formula is C9H20N4O2. The second-order valence-electron chi connectivity index (χ2n) is 4.02. The van der Waals surface area contributed by atoms with E-state index in [2.05, 4.69) is 15.5 Å². The molecule has 6 nitrogen and oxygen atoms in total. The van der Waals surface area contributed by atoms with Crippen molar-refractivity contribution >= 4 is 0 Å². The Hall–Kier alpha value is -0.240. The van der Waals surface area contributed by atoms with Crippen molar-refractivity contribution in [2.45, 2.75) is 44.3 Å². The average molecular weight is 216 g/mol. The third kappa shape index (κ3) is 2.15. The van der Waals surface area contributed by atoms with Crippen molar-refractivity contribution in [3.8, 4) is 0 Å². The summed E-state index contributed by atoms with van der Waals surface area (Å²) in [6, 6.07) is 0.521. The maximum Gasteiger partial charge on any atom is 0.171 e. The molecule has 4 N–H and O–H groups in total. The van der Waals surface area contributed by atoms with E-state index in [9.17, 15) is 0 Å². The molecule has 0 radical (unpaired) electrons. The molecule has 1 saturated heterocycles. The van der Waals surface area contributed by atoms with Crippen LogP contribution in [-0.4, -0.2) is 44.2 Å². The van der Waals surface area contributed by atoms with Crippen LogP contribution in [0.1, 0.15) is 19.3 Å². The molecule has 2 unspecified atom stereocenters. The highest BCUT2D eigenvalue weighted by Gasteiger charge is 2.40. The van der Waals surface area contributed by atoms with E-state index in [1.54, 1.807) is 14.2 Å². The van der Waals surface area contributed by atoms with Crippen molar-refractivity contribution in [1.29, 1.82) is 0 Å². The first kappa shape index (κ1) is 11.3. The lowest BCUT2D eigenvalue weighted by Gasteiger charge is -2.49. The zero-order chi connectivity index (χ0) is 10.8. The highest BCUT2D eigenvalue weighted by Crippen LogP contribution is 2.28. The van der Waals surface area contributed by atoms with Gasteiger partial charge in [-0.2, -0.15) is 0 Å². The number of methoxy groups -OCH3 is 2. The Bertz CT molecular complexity index is 198. The number of hydrogen-bond donors (Lipinski definition) is 3. The Morgan fingerprint density at radius 1 is 1.13 bits per heavy atom. The van der Waals surface area contributed by atoms with E-state index in [1.165, 1.54) is 19.3 Å². The van der Waals surface area contributed by atoms with Crippen LogP contribution < -0.4 is 16.4 Å². The molecule has 0 bridgehead atoms. The molecule has 1 saturated carbocycles. The average Bonchev–Trinajstić information content (AvgIpc) is 2.17. The summed E-state index contributed by atoms with van der Waals surface area (Å²) in [5.41, 5.74) is 5.78. The molecule has 2 rings (SSSR count). The fraction of sp³-hybridized carbons (Fsp3) is 1.00. The molecule has 88 valence electrons. The fourth-order valence-corrected chi connectivity index (χ4v) is 2.10. The summed E-state index contributed by atoms with van der Waals surface area (Å²) in [5, 5.41) is 6.24. The third-order valence-electron chi connectivity index (χ3n) is 3.13. The van der Waals surface area contributed by atoms with E-state index in [1.807, 2.05) is 0 Å². The van der Waals surface area contributed by atoms with Crippen LogP contribution >= 0.6 is 0 Å². The minimum Gasteiger partial charge on any atom is -0.353 e. The van der Waals surface area contributed by atoms with Crippen LogP contribution in [0.4, 0.5) is 0 Å². The molecule has 1 aliphatic carbocycles. The van der Waals surface area contributed by atoms with Gasteiger partial charge in [0.05, 0.1) is 0 Å². The number of nitrogens with zero attached hydrogens (tertiary/aromatic N) is 1. The maximum atomic E-state index is 5.78. The first-order valence-electron chi connectivity index (χ1n) is 5.37. The standard InChI is InChI=1S/C9H20N4O2/c1-14-8-11-7(10)12-9(15-2)13(8)6-4-3-5-6/h6-9,11-12H,3-5,10H2,1-2H3/t7?,8-,9?/m0/s1. The quantitative estimate of drug-likeness (QED) is 0.570. The van der Waals surface area contributed by atoms with Crippen molar-refractivity contribution in [3.63, 3.8) is 0 Å². The molecule has 15 heavy (non-hydrogen) atoms. The van der Waals surface area contributed by atoms with Gasteiger partial charge in [-0.25, -0.2) is 4.90 Å². The predicted molar refractivity (Wildman–Crippen MR) is 55.3 cm³/mol. The summed E-state index contributed by atoms with van der Waals surface area (Å²) in [6.07, 6.45) is 3.03. The number of nitrogens with two attached hydrogens (primary N) is 1. The van der Waals surface area contributed by atoms with E-state index < -0.39 is 0 Å². The van der Waals surface area contributed by atoms with Gasteiger partial charge in [0.25, 0.3) is 0 Å². The van der Waals surface area contributed by atoms with Crippen LogP contribution in [0.25, 0.3) is 0 Å². The Morgan fingerprint density at radius 3 is 2.00 bits per heavy atom. The second-order valence-corrected chi connectivity index (χ2v) is 4.02. The van der Waals surface area contributed by atoms with Gasteiger partial charge in [-0.1, -0.05) is 6.42 Å². The number of hydrogen-bond acceptors (Lipinski definition) is 6. The lowest BCUT2D eigenvalue weighted by atomic mass is 9.91. The molecule has 2 aliphatic rings. The summed E-state index contributed by atoms with van der Waals surface area (Å²) in [4.78, 5) is 2.16. The summed E-state index contributed by atoms with van der Waals surface area (Å²) in [7, 11) is 3.35. The molecule has 0 amide bonds. The Kier molecular flexibility index (Phi) is 3.55. The Labute approximate surface area is 90.1 Å². The number of rotatable bonds is 3. The third-order valence-corrected chi connectivity index (χ3v) is 3.13. The van der Waals surface area contributed by atoms with Crippen molar-refractivity contribution in [2.75, 3.05) is 14.2 Å². The zero-order valence-corrected chi connectivity index (χ0v) is 9.27. The normalized spacial score (nSPS) is 39.0. The van der Waals surface area contributed by atoms with Crippen molar-refractivity contribution in [2.24, 2.45) is 5.73 Å². The van der Waals surface area contributed by atoms with Crippen LogP contribution in [0.3, 0.4) is 0 Å². The molecule has 0 spiro atoms. The topological polar surface area (TPSA) is 71.8 Å². The molecule has 6 heteroatoms. The van der Waals surface area contributed by atoms with Gasteiger partial charge in [0.1, 0.15) is 6.29 Å². The van der Waals surface area contributed by atoms with Gasteiger partial charge in [-0.3, -0.25) is 10.6 Å². The van der Waals surface area contributed by atoms with Gasteiger partial charge in [-0.15, -0.1) is 0 Å².